The zero-order valence-corrected chi connectivity index (χ0v) is 15.3. The van der Waals surface area contributed by atoms with Gasteiger partial charge in [0.15, 0.2) is 0 Å². The van der Waals surface area contributed by atoms with E-state index in [0.29, 0.717) is 41.1 Å². The molecule has 0 aliphatic heterocycles. The molecule has 2 aromatic heterocycles. The Labute approximate surface area is 154 Å². The molecule has 2 heterocycles. The molecule has 0 fully saturated rings. The van der Waals surface area contributed by atoms with E-state index in [9.17, 15) is 14.9 Å². The number of nitrogens with zero attached hydrogens (tertiary/aromatic N) is 5. The van der Waals surface area contributed by atoms with Crippen molar-refractivity contribution >= 4 is 34.8 Å². The van der Waals surface area contributed by atoms with Gasteiger partial charge in [-0.05, 0) is 20.3 Å². The van der Waals surface area contributed by atoms with Gasteiger partial charge in [0.2, 0.25) is 5.91 Å². The van der Waals surface area contributed by atoms with Crippen molar-refractivity contribution in [1.29, 1.82) is 0 Å². The molecule has 9 nitrogen and oxygen atoms in total. The van der Waals surface area contributed by atoms with Crippen LogP contribution in [0.1, 0.15) is 24.2 Å². The van der Waals surface area contributed by atoms with Crippen molar-refractivity contribution in [2.45, 2.75) is 39.8 Å². The molecule has 25 heavy (non-hydrogen) atoms. The fourth-order valence-electron chi connectivity index (χ4n) is 2.24. The second-order valence-corrected chi connectivity index (χ2v) is 6.22. The van der Waals surface area contributed by atoms with E-state index in [0.717, 1.165) is 0 Å². The van der Waals surface area contributed by atoms with Gasteiger partial charge in [-0.2, -0.15) is 10.2 Å². The van der Waals surface area contributed by atoms with E-state index in [1.54, 1.807) is 18.5 Å². The SMILES string of the molecule is Cc1nn(CCC(=O)NCCCn2nc(C)c(Cl)c2Cl)cc1[N+](=O)[O-]. The van der Waals surface area contributed by atoms with Crippen LogP contribution in [0.2, 0.25) is 10.2 Å². The molecular weight excluding hydrogens is 371 g/mol. The van der Waals surface area contributed by atoms with Crippen LogP contribution >= 0.6 is 23.2 Å². The fraction of sp³-hybridized carbons (Fsp3) is 0.500. The number of rotatable bonds is 8. The number of aryl methyl sites for hydroxylation is 4. The highest BCUT2D eigenvalue weighted by Gasteiger charge is 2.15. The number of carbonyl (C=O) groups excluding carboxylic acids is 1. The average Bonchev–Trinajstić information content (AvgIpc) is 3.05. The third kappa shape index (κ3) is 4.93. The molecule has 0 saturated heterocycles. The highest BCUT2D eigenvalue weighted by atomic mass is 35.5. The Hall–Kier alpha value is -2.13. The monoisotopic (exact) mass is 388 g/mol. The lowest BCUT2D eigenvalue weighted by Crippen LogP contribution is -2.26. The Balaban J connectivity index is 1.71. The van der Waals surface area contributed by atoms with Crippen molar-refractivity contribution in [2.75, 3.05) is 6.54 Å². The van der Waals surface area contributed by atoms with E-state index >= 15 is 0 Å². The van der Waals surface area contributed by atoms with E-state index in [1.807, 2.05) is 0 Å². The molecule has 2 aromatic rings. The van der Waals surface area contributed by atoms with Gasteiger partial charge in [-0.3, -0.25) is 24.3 Å². The lowest BCUT2D eigenvalue weighted by atomic mass is 10.3. The fourth-order valence-corrected chi connectivity index (χ4v) is 2.64. The molecule has 1 amide bonds. The normalized spacial score (nSPS) is 10.9. The topological polar surface area (TPSA) is 108 Å². The van der Waals surface area contributed by atoms with Crippen LogP contribution in [0.3, 0.4) is 0 Å². The summed E-state index contributed by atoms with van der Waals surface area (Å²) in [7, 11) is 0. The van der Waals surface area contributed by atoms with Gasteiger partial charge in [0.25, 0.3) is 0 Å². The highest BCUT2D eigenvalue weighted by molar-refractivity contribution is 6.41. The number of nitrogens with one attached hydrogen (secondary N) is 1. The van der Waals surface area contributed by atoms with Gasteiger partial charge < -0.3 is 5.32 Å². The minimum atomic E-state index is -0.493. The van der Waals surface area contributed by atoms with Crippen molar-refractivity contribution in [3.8, 4) is 0 Å². The molecule has 0 spiro atoms. The van der Waals surface area contributed by atoms with Crippen LogP contribution in [0.4, 0.5) is 5.69 Å². The number of aromatic nitrogens is 4. The van der Waals surface area contributed by atoms with E-state index in [1.165, 1.54) is 10.9 Å². The van der Waals surface area contributed by atoms with Gasteiger partial charge >= 0.3 is 5.69 Å². The van der Waals surface area contributed by atoms with Crippen molar-refractivity contribution in [1.82, 2.24) is 24.9 Å². The zero-order chi connectivity index (χ0) is 18.6. The first-order chi connectivity index (χ1) is 11.8. The van der Waals surface area contributed by atoms with Gasteiger partial charge in [0, 0.05) is 26.1 Å². The van der Waals surface area contributed by atoms with Crippen LogP contribution < -0.4 is 5.32 Å². The Morgan fingerprint density at radius 1 is 1.28 bits per heavy atom. The van der Waals surface area contributed by atoms with Gasteiger partial charge in [-0.15, -0.1) is 0 Å². The summed E-state index contributed by atoms with van der Waals surface area (Å²) in [5.74, 6) is -0.156. The van der Waals surface area contributed by atoms with Crippen molar-refractivity contribution in [3.63, 3.8) is 0 Å². The number of carbonyl (C=O) groups is 1. The van der Waals surface area contributed by atoms with Gasteiger partial charge in [0.1, 0.15) is 22.1 Å². The molecule has 0 aliphatic carbocycles. The average molecular weight is 389 g/mol. The second kappa shape index (κ2) is 8.30. The summed E-state index contributed by atoms with van der Waals surface area (Å²) in [6.45, 7) is 4.61. The number of hydrogen-bond acceptors (Lipinski definition) is 5. The molecule has 0 aliphatic rings. The zero-order valence-electron chi connectivity index (χ0n) is 13.8. The van der Waals surface area contributed by atoms with E-state index in [4.69, 9.17) is 23.2 Å². The van der Waals surface area contributed by atoms with E-state index < -0.39 is 4.92 Å². The van der Waals surface area contributed by atoms with Gasteiger partial charge in [-0.25, -0.2) is 0 Å². The van der Waals surface area contributed by atoms with Crippen LogP contribution in [0.5, 0.6) is 0 Å². The second-order valence-electron chi connectivity index (χ2n) is 5.49. The smallest absolute Gasteiger partial charge is 0.309 e. The first kappa shape index (κ1) is 19.2. The quantitative estimate of drug-likeness (QED) is 0.424. The summed E-state index contributed by atoms with van der Waals surface area (Å²) in [6.07, 6.45) is 2.16. The molecule has 11 heteroatoms. The van der Waals surface area contributed by atoms with Gasteiger partial charge in [-0.1, -0.05) is 23.2 Å². The molecule has 0 aromatic carbocycles. The predicted octanol–water partition coefficient (Wildman–Crippen LogP) is 2.51. The molecule has 0 atom stereocenters. The first-order valence-corrected chi connectivity index (χ1v) is 8.38. The Morgan fingerprint density at radius 3 is 2.56 bits per heavy atom. The number of nitro groups is 1. The van der Waals surface area contributed by atoms with Crippen molar-refractivity contribution < 1.29 is 9.72 Å². The maximum Gasteiger partial charge on any atom is 0.309 e. The maximum atomic E-state index is 11.8. The summed E-state index contributed by atoms with van der Waals surface area (Å²) in [4.78, 5) is 22.1. The minimum absolute atomic E-state index is 0.0505. The lowest BCUT2D eigenvalue weighted by molar-refractivity contribution is -0.385. The molecule has 0 radical (unpaired) electrons. The van der Waals surface area contributed by atoms with E-state index in [-0.39, 0.29) is 24.6 Å². The summed E-state index contributed by atoms with van der Waals surface area (Å²) in [5, 5.41) is 22.6. The maximum absolute atomic E-state index is 11.8. The lowest BCUT2D eigenvalue weighted by Gasteiger charge is -2.06. The first-order valence-electron chi connectivity index (χ1n) is 7.63. The summed E-state index contributed by atoms with van der Waals surface area (Å²) >= 11 is 12.0. The standard InChI is InChI=1S/C14H18Cl2N6O3/c1-9-11(22(24)25)8-20(18-9)7-4-12(23)17-5-3-6-21-14(16)13(15)10(2)19-21/h8H,3-7H2,1-2H3,(H,17,23). The van der Waals surface area contributed by atoms with Crippen LogP contribution in [0.15, 0.2) is 6.20 Å². The van der Waals surface area contributed by atoms with Crippen LogP contribution in [0, 0.1) is 24.0 Å². The Morgan fingerprint density at radius 2 is 2.00 bits per heavy atom. The third-order valence-electron chi connectivity index (χ3n) is 3.55. The summed E-state index contributed by atoms with van der Waals surface area (Å²) in [5.41, 5.74) is 0.945. The highest BCUT2D eigenvalue weighted by Crippen LogP contribution is 2.24. The van der Waals surface area contributed by atoms with Crippen molar-refractivity contribution in [2.24, 2.45) is 0 Å². The minimum Gasteiger partial charge on any atom is -0.356 e. The molecular formula is C14H18Cl2N6O3. The Bertz CT molecular complexity index is 786. The number of halogens is 2. The summed E-state index contributed by atoms with van der Waals surface area (Å²) < 4.78 is 3.00. The van der Waals surface area contributed by atoms with Crippen LogP contribution in [0.25, 0.3) is 0 Å². The van der Waals surface area contributed by atoms with Crippen molar-refractivity contribution in [3.05, 3.63) is 37.9 Å². The largest absolute Gasteiger partial charge is 0.356 e. The predicted molar refractivity (Wildman–Crippen MR) is 92.8 cm³/mol. The molecule has 0 saturated carbocycles. The molecule has 1 N–H and O–H groups in total. The third-order valence-corrected chi connectivity index (χ3v) is 4.48. The van der Waals surface area contributed by atoms with Gasteiger partial charge in [0.05, 0.1) is 10.6 Å². The molecule has 2 rings (SSSR count). The Kier molecular flexibility index (Phi) is 6.38. The van der Waals surface area contributed by atoms with Crippen LogP contribution in [-0.2, 0) is 17.9 Å². The molecule has 0 bridgehead atoms. The van der Waals surface area contributed by atoms with E-state index in [2.05, 4.69) is 15.5 Å². The summed E-state index contributed by atoms with van der Waals surface area (Å²) in [6, 6.07) is 0. The number of amides is 1. The number of hydrogen-bond donors (Lipinski definition) is 1. The molecule has 136 valence electrons. The molecule has 0 unspecified atom stereocenters. The van der Waals surface area contributed by atoms with Crippen LogP contribution in [-0.4, -0.2) is 36.9 Å².